The number of hydrogen-bond acceptors (Lipinski definition) is 3. The Morgan fingerprint density at radius 3 is 2.82 bits per heavy atom. The first kappa shape index (κ1) is 8.76. The molecular weight excluding hydrogens is 191 g/mol. The van der Waals surface area contributed by atoms with E-state index in [1.165, 1.54) is 6.21 Å². The summed E-state index contributed by atoms with van der Waals surface area (Å²) in [6.07, 6.45) is 1.40. The highest BCUT2D eigenvalue weighted by Gasteiger charge is 2.24. The third kappa shape index (κ3) is 2.64. The lowest BCUT2D eigenvalue weighted by molar-refractivity contribution is 0.00569. The lowest BCUT2D eigenvalue weighted by Gasteiger charge is -2.14. The fourth-order valence-corrected chi connectivity index (χ4v) is 1.17. The van der Waals surface area contributed by atoms with Crippen molar-refractivity contribution in [1.29, 1.82) is 0 Å². The van der Waals surface area contributed by atoms with Crippen LogP contribution in [0.25, 0.3) is 0 Å². The second kappa shape index (κ2) is 2.96. The molecule has 0 bridgehead atoms. The van der Waals surface area contributed by atoms with Crippen molar-refractivity contribution in [3.63, 3.8) is 0 Å². The summed E-state index contributed by atoms with van der Waals surface area (Å²) < 4.78 is 14.4. The van der Waals surface area contributed by atoms with Gasteiger partial charge >= 0.3 is 7.82 Å². The topological polar surface area (TPSA) is 82.4 Å². The van der Waals surface area contributed by atoms with Gasteiger partial charge in [0.05, 0.1) is 6.54 Å². The van der Waals surface area contributed by atoms with Crippen LogP contribution in [-0.2, 0) is 9.19 Å². The zero-order valence-corrected chi connectivity index (χ0v) is 6.96. The van der Waals surface area contributed by atoms with Crippen LogP contribution in [0.5, 0.6) is 0 Å². The quantitative estimate of drug-likeness (QED) is 0.465. The second-order valence-corrected chi connectivity index (χ2v) is 3.24. The lowest BCUT2D eigenvalue weighted by Crippen LogP contribution is -2.23. The number of thiocarbonyl (C=S) groups is 1. The van der Waals surface area contributed by atoms with Gasteiger partial charge in [-0.1, -0.05) is 0 Å². The van der Waals surface area contributed by atoms with Gasteiger partial charge in [0.25, 0.3) is 0 Å². The average molecular weight is 196 g/mol. The largest absolute Gasteiger partial charge is 0.491 e. The SMILES string of the molecule is O=P(O)(O)ON1CC=NC1=S. The maximum Gasteiger partial charge on any atom is 0.491 e. The van der Waals surface area contributed by atoms with E-state index in [0.29, 0.717) is 0 Å². The Hall–Kier alpha value is -0.330. The summed E-state index contributed by atoms with van der Waals surface area (Å²) in [4.78, 5) is 20.2. The molecule has 0 aliphatic carbocycles. The van der Waals surface area contributed by atoms with Gasteiger partial charge in [-0.15, -0.1) is 0 Å². The maximum absolute atomic E-state index is 10.2. The molecule has 2 N–H and O–H groups in total. The molecule has 0 aromatic carbocycles. The molecule has 0 fully saturated rings. The summed E-state index contributed by atoms with van der Waals surface area (Å²) in [7, 11) is -4.49. The number of phosphoric acid groups is 1. The highest BCUT2D eigenvalue weighted by Crippen LogP contribution is 2.37. The van der Waals surface area contributed by atoms with Gasteiger partial charge in [-0.3, -0.25) is 0 Å². The number of hydroxylamine groups is 2. The van der Waals surface area contributed by atoms with Crippen molar-refractivity contribution in [1.82, 2.24) is 5.06 Å². The Morgan fingerprint density at radius 2 is 2.45 bits per heavy atom. The smallest absolute Gasteiger partial charge is 0.301 e. The standard InChI is InChI=1S/C3H5N2O4PS/c6-10(7,8)9-5-2-1-4-3(5)11/h1H,2H2,(H2,6,7,8). The normalized spacial score (nSPS) is 18.0. The summed E-state index contributed by atoms with van der Waals surface area (Å²) in [5.41, 5.74) is 0. The Labute approximate surface area is 67.7 Å². The predicted molar refractivity (Wildman–Crippen MR) is 40.9 cm³/mol. The van der Waals surface area contributed by atoms with Gasteiger partial charge in [0.2, 0.25) is 5.11 Å². The molecular formula is C3H5N2O4PS. The van der Waals surface area contributed by atoms with Crippen molar-refractivity contribution in [2.75, 3.05) is 6.54 Å². The molecule has 1 aliphatic heterocycles. The van der Waals surface area contributed by atoms with Gasteiger partial charge < -0.3 is 9.79 Å². The highest BCUT2D eigenvalue weighted by molar-refractivity contribution is 7.80. The van der Waals surface area contributed by atoms with E-state index in [1.807, 2.05) is 0 Å². The molecule has 0 unspecified atom stereocenters. The second-order valence-electron chi connectivity index (χ2n) is 1.73. The zero-order chi connectivity index (χ0) is 8.48. The van der Waals surface area contributed by atoms with E-state index in [-0.39, 0.29) is 11.7 Å². The summed E-state index contributed by atoms with van der Waals surface area (Å²) in [5, 5.41) is 0.879. The first-order valence-electron chi connectivity index (χ1n) is 2.58. The summed E-state index contributed by atoms with van der Waals surface area (Å²) in [6, 6.07) is 0. The summed E-state index contributed by atoms with van der Waals surface area (Å²) in [5.74, 6) is 0. The van der Waals surface area contributed by atoms with E-state index in [2.05, 4.69) is 21.8 Å². The number of nitrogens with zero attached hydrogens (tertiary/aromatic N) is 2. The molecule has 11 heavy (non-hydrogen) atoms. The minimum atomic E-state index is -4.49. The van der Waals surface area contributed by atoms with E-state index in [4.69, 9.17) is 9.79 Å². The Kier molecular flexibility index (Phi) is 2.36. The van der Waals surface area contributed by atoms with Crippen LogP contribution < -0.4 is 0 Å². The Balaban J connectivity index is 2.53. The van der Waals surface area contributed by atoms with E-state index in [9.17, 15) is 4.57 Å². The summed E-state index contributed by atoms with van der Waals surface area (Å²) in [6.45, 7) is 0.171. The van der Waals surface area contributed by atoms with Gasteiger partial charge in [0, 0.05) is 6.21 Å². The highest BCUT2D eigenvalue weighted by atomic mass is 32.1. The Morgan fingerprint density at radius 1 is 1.82 bits per heavy atom. The van der Waals surface area contributed by atoms with Gasteiger partial charge in [-0.05, 0) is 12.2 Å². The molecule has 8 heteroatoms. The van der Waals surface area contributed by atoms with Crippen LogP contribution in [0.1, 0.15) is 0 Å². The van der Waals surface area contributed by atoms with Crippen LogP contribution in [0.4, 0.5) is 0 Å². The molecule has 6 nitrogen and oxygen atoms in total. The van der Waals surface area contributed by atoms with E-state index >= 15 is 0 Å². The van der Waals surface area contributed by atoms with Crippen molar-refractivity contribution >= 4 is 31.4 Å². The van der Waals surface area contributed by atoms with Crippen LogP contribution in [0.3, 0.4) is 0 Å². The average Bonchev–Trinajstić information content (AvgIpc) is 2.12. The van der Waals surface area contributed by atoms with E-state index in [1.54, 1.807) is 0 Å². The van der Waals surface area contributed by atoms with Crippen molar-refractivity contribution in [3.05, 3.63) is 0 Å². The molecule has 0 saturated carbocycles. The van der Waals surface area contributed by atoms with E-state index in [0.717, 1.165) is 5.06 Å². The van der Waals surface area contributed by atoms with Crippen molar-refractivity contribution in [3.8, 4) is 0 Å². The van der Waals surface area contributed by atoms with Crippen LogP contribution in [-0.4, -0.2) is 32.7 Å². The predicted octanol–water partition coefficient (Wildman–Crippen LogP) is -0.318. The monoisotopic (exact) mass is 196 g/mol. The fraction of sp³-hybridized carbons (Fsp3) is 0.333. The Bertz CT molecular complexity index is 248. The van der Waals surface area contributed by atoms with Gasteiger partial charge in [0.15, 0.2) is 0 Å². The van der Waals surface area contributed by atoms with Crippen molar-refractivity contribution < 1.29 is 19.0 Å². The van der Waals surface area contributed by atoms with Crippen LogP contribution >= 0.6 is 20.0 Å². The molecule has 0 radical (unpaired) electrons. The summed E-state index contributed by atoms with van der Waals surface area (Å²) >= 11 is 4.57. The lowest BCUT2D eigenvalue weighted by atomic mass is 10.8. The van der Waals surface area contributed by atoms with Gasteiger partial charge in [-0.2, -0.15) is 4.62 Å². The molecule has 1 aliphatic rings. The first-order valence-corrected chi connectivity index (χ1v) is 4.52. The fourth-order valence-electron chi connectivity index (χ4n) is 0.532. The molecule has 0 aromatic heterocycles. The third-order valence-corrected chi connectivity index (χ3v) is 1.59. The van der Waals surface area contributed by atoms with Crippen molar-refractivity contribution in [2.45, 2.75) is 0 Å². The number of rotatable bonds is 2. The van der Waals surface area contributed by atoms with E-state index < -0.39 is 7.82 Å². The minimum Gasteiger partial charge on any atom is -0.301 e. The third-order valence-electron chi connectivity index (χ3n) is 0.867. The molecule has 0 saturated heterocycles. The molecule has 1 rings (SSSR count). The molecule has 62 valence electrons. The number of hydrogen-bond donors (Lipinski definition) is 2. The van der Waals surface area contributed by atoms with Crippen LogP contribution in [0, 0.1) is 0 Å². The first-order chi connectivity index (χ1) is 4.99. The molecule has 0 atom stereocenters. The minimum absolute atomic E-state index is 0.0216. The molecule has 0 aromatic rings. The zero-order valence-electron chi connectivity index (χ0n) is 5.25. The van der Waals surface area contributed by atoms with Crippen molar-refractivity contribution in [2.24, 2.45) is 4.99 Å². The molecule has 0 spiro atoms. The van der Waals surface area contributed by atoms with Gasteiger partial charge in [0.1, 0.15) is 0 Å². The van der Waals surface area contributed by atoms with Crippen LogP contribution in [0.2, 0.25) is 0 Å². The number of aliphatic imine (C=N–C) groups is 1. The van der Waals surface area contributed by atoms with Crippen LogP contribution in [0.15, 0.2) is 4.99 Å². The molecule has 0 amide bonds. The molecule has 1 heterocycles. The van der Waals surface area contributed by atoms with Gasteiger partial charge in [-0.25, -0.2) is 14.6 Å². The maximum atomic E-state index is 10.2.